The van der Waals surface area contributed by atoms with Gasteiger partial charge >= 0.3 is 6.61 Å². The van der Waals surface area contributed by atoms with E-state index >= 15 is 0 Å². The molecule has 154 valence electrons. The Morgan fingerprint density at radius 3 is 2.87 bits per heavy atom. The van der Waals surface area contributed by atoms with Crippen molar-refractivity contribution >= 4 is 28.8 Å². The van der Waals surface area contributed by atoms with Crippen molar-refractivity contribution in [2.45, 2.75) is 38.2 Å². The Hall–Kier alpha value is -3.32. The minimum atomic E-state index is -3.11. The van der Waals surface area contributed by atoms with Gasteiger partial charge in [0.1, 0.15) is 11.6 Å². The number of ether oxygens (including phenoxy) is 1. The molecule has 3 aromatic rings. The molecule has 30 heavy (non-hydrogen) atoms. The summed E-state index contributed by atoms with van der Waals surface area (Å²) in [6.45, 7) is 0.891. The standard InChI is InChI=1S/C19H15ClF2N6O2/c1-19(2)5-11(12-8-24-14-4-13(20)27-28(14)15(12)19)16(29)26-10-3-9(6-23)17(25-7-10)30-18(21)22/h3-4,7-8,11,18H,5H2,1-2H3,(H,26,29)/t11-/m0/s1. The van der Waals surface area contributed by atoms with E-state index in [4.69, 9.17) is 16.9 Å². The van der Waals surface area contributed by atoms with Crippen molar-refractivity contribution < 1.29 is 18.3 Å². The van der Waals surface area contributed by atoms with Crippen LogP contribution in [0.3, 0.4) is 0 Å². The number of fused-ring (bicyclic) bond motifs is 3. The van der Waals surface area contributed by atoms with E-state index in [1.54, 1.807) is 22.8 Å². The lowest BCUT2D eigenvalue weighted by atomic mass is 9.88. The highest BCUT2D eigenvalue weighted by Crippen LogP contribution is 2.46. The quantitative estimate of drug-likeness (QED) is 0.674. The molecule has 3 heterocycles. The molecule has 0 bridgehead atoms. The molecular weight excluding hydrogens is 418 g/mol. The smallest absolute Gasteiger partial charge is 0.388 e. The Bertz CT molecular complexity index is 1200. The predicted octanol–water partition coefficient (Wildman–Crippen LogP) is 3.65. The fraction of sp³-hybridized carbons (Fsp3) is 0.316. The summed E-state index contributed by atoms with van der Waals surface area (Å²) in [4.78, 5) is 21.1. The molecule has 0 unspecified atom stereocenters. The summed E-state index contributed by atoms with van der Waals surface area (Å²) in [5, 5.41) is 16.4. The Morgan fingerprint density at radius 2 is 2.17 bits per heavy atom. The zero-order chi connectivity index (χ0) is 21.6. The molecule has 0 radical (unpaired) electrons. The lowest BCUT2D eigenvalue weighted by Gasteiger charge is -2.19. The number of hydrogen-bond acceptors (Lipinski definition) is 6. The maximum atomic E-state index is 13.0. The van der Waals surface area contributed by atoms with Crippen molar-refractivity contribution in [3.8, 4) is 11.9 Å². The van der Waals surface area contributed by atoms with Gasteiger partial charge in [0.05, 0.1) is 23.5 Å². The van der Waals surface area contributed by atoms with Crippen LogP contribution in [0, 0.1) is 11.3 Å². The second-order valence-corrected chi connectivity index (χ2v) is 7.88. The lowest BCUT2D eigenvalue weighted by Crippen LogP contribution is -2.22. The summed E-state index contributed by atoms with van der Waals surface area (Å²) in [5.41, 5.74) is 1.76. The summed E-state index contributed by atoms with van der Waals surface area (Å²) >= 11 is 6.02. The second-order valence-electron chi connectivity index (χ2n) is 7.50. The van der Waals surface area contributed by atoms with Crippen LogP contribution in [0.2, 0.25) is 5.15 Å². The topological polar surface area (TPSA) is 105 Å². The number of carbonyl (C=O) groups excluding carboxylic acids is 1. The number of nitriles is 1. The summed E-state index contributed by atoms with van der Waals surface area (Å²) in [5.74, 6) is -1.37. The molecule has 11 heteroatoms. The molecule has 1 aliphatic rings. The molecule has 0 saturated heterocycles. The molecule has 4 rings (SSSR count). The van der Waals surface area contributed by atoms with Gasteiger partial charge in [-0.25, -0.2) is 14.5 Å². The van der Waals surface area contributed by atoms with Gasteiger partial charge in [-0.15, -0.1) is 0 Å². The second kappa shape index (κ2) is 7.18. The summed E-state index contributed by atoms with van der Waals surface area (Å²) < 4.78 is 30.7. The fourth-order valence-electron chi connectivity index (χ4n) is 3.81. The summed E-state index contributed by atoms with van der Waals surface area (Å²) in [6, 6.07) is 4.61. The fourth-order valence-corrected chi connectivity index (χ4v) is 3.98. The van der Waals surface area contributed by atoms with Gasteiger partial charge in [-0.2, -0.15) is 19.1 Å². The van der Waals surface area contributed by atoms with E-state index in [1.165, 1.54) is 6.07 Å². The van der Waals surface area contributed by atoms with Gasteiger partial charge in [-0.1, -0.05) is 25.4 Å². The maximum absolute atomic E-state index is 13.0. The third-order valence-electron chi connectivity index (χ3n) is 4.97. The van der Waals surface area contributed by atoms with Crippen LogP contribution in [0.1, 0.15) is 43.0 Å². The van der Waals surface area contributed by atoms with Gasteiger partial charge < -0.3 is 10.1 Å². The molecule has 0 aliphatic heterocycles. The van der Waals surface area contributed by atoms with Crippen LogP contribution in [0.4, 0.5) is 14.5 Å². The van der Waals surface area contributed by atoms with Crippen molar-refractivity contribution in [2.75, 3.05) is 5.32 Å². The zero-order valence-electron chi connectivity index (χ0n) is 15.9. The SMILES string of the molecule is CC1(C)C[C@H](C(=O)Nc2cnc(OC(F)F)c(C#N)c2)c2cnc3cc(Cl)nn3c21. The lowest BCUT2D eigenvalue weighted by molar-refractivity contribution is -0.117. The highest BCUT2D eigenvalue weighted by atomic mass is 35.5. The van der Waals surface area contributed by atoms with Crippen molar-refractivity contribution in [3.63, 3.8) is 0 Å². The van der Waals surface area contributed by atoms with Crippen molar-refractivity contribution in [3.05, 3.63) is 46.5 Å². The van der Waals surface area contributed by atoms with Gasteiger partial charge in [0, 0.05) is 23.2 Å². The van der Waals surface area contributed by atoms with E-state index < -0.39 is 18.4 Å². The third kappa shape index (κ3) is 3.41. The molecule has 3 aromatic heterocycles. The van der Waals surface area contributed by atoms with Crippen LogP contribution in [-0.4, -0.2) is 32.1 Å². The van der Waals surface area contributed by atoms with Gasteiger partial charge in [0.25, 0.3) is 0 Å². The minimum absolute atomic E-state index is 0.195. The van der Waals surface area contributed by atoms with E-state index in [1.807, 2.05) is 13.8 Å². The van der Waals surface area contributed by atoms with Crippen molar-refractivity contribution in [1.82, 2.24) is 19.6 Å². The molecular formula is C19H15ClF2N6O2. The number of nitrogens with zero attached hydrogens (tertiary/aromatic N) is 5. The normalized spacial score (nSPS) is 17.0. The number of anilines is 1. The molecule has 1 aliphatic carbocycles. The van der Waals surface area contributed by atoms with E-state index in [0.717, 1.165) is 17.5 Å². The Kier molecular flexibility index (Phi) is 4.78. The average Bonchev–Trinajstić information content (AvgIpc) is 3.18. The van der Waals surface area contributed by atoms with Crippen LogP contribution in [0.15, 0.2) is 24.5 Å². The maximum Gasteiger partial charge on any atom is 0.388 e. The first-order valence-electron chi connectivity index (χ1n) is 8.90. The Balaban J connectivity index is 1.65. The first kappa shape index (κ1) is 20.0. The van der Waals surface area contributed by atoms with Gasteiger partial charge in [0.2, 0.25) is 11.8 Å². The first-order valence-corrected chi connectivity index (χ1v) is 9.28. The summed E-state index contributed by atoms with van der Waals surface area (Å²) in [6.07, 6.45) is 3.30. The minimum Gasteiger partial charge on any atom is -0.415 e. The zero-order valence-corrected chi connectivity index (χ0v) is 16.6. The number of amides is 1. The highest BCUT2D eigenvalue weighted by Gasteiger charge is 2.43. The number of alkyl halides is 2. The van der Waals surface area contributed by atoms with Crippen molar-refractivity contribution in [2.24, 2.45) is 0 Å². The van der Waals surface area contributed by atoms with Crippen LogP contribution in [-0.2, 0) is 10.2 Å². The number of pyridine rings is 1. The van der Waals surface area contributed by atoms with Gasteiger partial charge in [-0.3, -0.25) is 4.79 Å². The number of halogens is 3. The van der Waals surface area contributed by atoms with Crippen molar-refractivity contribution in [1.29, 1.82) is 5.26 Å². The average molecular weight is 433 g/mol. The highest BCUT2D eigenvalue weighted by molar-refractivity contribution is 6.29. The Labute approximate surface area is 174 Å². The van der Waals surface area contributed by atoms with E-state index in [9.17, 15) is 13.6 Å². The van der Waals surface area contributed by atoms with Crippen LogP contribution < -0.4 is 10.1 Å². The number of rotatable bonds is 4. The van der Waals surface area contributed by atoms with E-state index in [2.05, 4.69) is 25.1 Å². The number of nitrogens with one attached hydrogen (secondary N) is 1. The summed E-state index contributed by atoms with van der Waals surface area (Å²) in [7, 11) is 0. The molecule has 1 amide bonds. The number of carbonyl (C=O) groups is 1. The number of aromatic nitrogens is 4. The van der Waals surface area contributed by atoms with Gasteiger partial charge in [-0.05, 0) is 12.5 Å². The molecule has 1 atom stereocenters. The molecule has 1 N–H and O–H groups in total. The molecule has 0 fully saturated rings. The van der Waals surface area contributed by atoms with E-state index in [0.29, 0.717) is 17.2 Å². The first-order chi connectivity index (χ1) is 14.2. The van der Waals surface area contributed by atoms with Crippen LogP contribution in [0.25, 0.3) is 5.65 Å². The molecule has 0 saturated carbocycles. The van der Waals surface area contributed by atoms with E-state index in [-0.39, 0.29) is 22.6 Å². The van der Waals surface area contributed by atoms with Crippen LogP contribution >= 0.6 is 11.6 Å². The number of hydrogen-bond donors (Lipinski definition) is 1. The monoisotopic (exact) mass is 432 g/mol. The predicted molar refractivity (Wildman–Crippen MR) is 103 cm³/mol. The Morgan fingerprint density at radius 1 is 1.40 bits per heavy atom. The molecule has 0 aromatic carbocycles. The molecule has 8 nitrogen and oxygen atoms in total. The van der Waals surface area contributed by atoms with Crippen LogP contribution in [0.5, 0.6) is 5.88 Å². The molecule has 0 spiro atoms. The third-order valence-corrected chi connectivity index (χ3v) is 5.15. The van der Waals surface area contributed by atoms with Gasteiger partial charge in [0.15, 0.2) is 10.8 Å². The largest absolute Gasteiger partial charge is 0.415 e.